The molecule has 3 heteroatoms. The number of methoxy groups -OCH3 is 1. The van der Waals surface area contributed by atoms with Crippen molar-refractivity contribution in [1.82, 2.24) is 5.43 Å². The van der Waals surface area contributed by atoms with Crippen LogP contribution in [0.5, 0.6) is 0 Å². The van der Waals surface area contributed by atoms with Crippen LogP contribution in [0.25, 0.3) is 0 Å². The van der Waals surface area contributed by atoms with E-state index in [4.69, 9.17) is 10.6 Å². The largest absolute Gasteiger partial charge is 0.385 e. The van der Waals surface area contributed by atoms with Crippen molar-refractivity contribution < 1.29 is 4.74 Å². The van der Waals surface area contributed by atoms with E-state index in [1.807, 2.05) is 0 Å². The fraction of sp³-hybridized carbons (Fsp3) is 1.00. The van der Waals surface area contributed by atoms with Crippen molar-refractivity contribution in [3.8, 4) is 0 Å². The van der Waals surface area contributed by atoms with Crippen LogP contribution in [0.3, 0.4) is 0 Å². The molecule has 0 heterocycles. The Morgan fingerprint density at radius 1 is 1.20 bits per heavy atom. The van der Waals surface area contributed by atoms with Crippen molar-refractivity contribution in [2.45, 2.75) is 25.7 Å². The highest BCUT2D eigenvalue weighted by atomic mass is 16.5. The molecule has 0 aliphatic carbocycles. The van der Waals surface area contributed by atoms with Gasteiger partial charge in [-0.25, -0.2) is 0 Å². The number of hydrazine groups is 1. The van der Waals surface area contributed by atoms with Gasteiger partial charge in [-0.15, -0.1) is 0 Å². The second-order valence-corrected chi connectivity index (χ2v) is 2.36. The molecule has 3 nitrogen and oxygen atoms in total. The van der Waals surface area contributed by atoms with Gasteiger partial charge in [-0.1, -0.05) is 12.8 Å². The Balaban J connectivity index is 2.65. The maximum atomic E-state index is 5.09. The Morgan fingerprint density at radius 2 is 1.90 bits per heavy atom. The fourth-order valence-corrected chi connectivity index (χ4v) is 0.827. The molecular formula is C7H18N2O. The zero-order valence-electron chi connectivity index (χ0n) is 6.73. The minimum atomic E-state index is 0.885. The summed E-state index contributed by atoms with van der Waals surface area (Å²) >= 11 is 0. The molecule has 0 saturated carbocycles. The van der Waals surface area contributed by atoms with Gasteiger partial charge in [-0.3, -0.25) is 11.3 Å². The highest BCUT2D eigenvalue weighted by Gasteiger charge is 1.87. The van der Waals surface area contributed by atoms with Crippen molar-refractivity contribution in [3.63, 3.8) is 0 Å². The maximum Gasteiger partial charge on any atom is 0.0462 e. The van der Waals surface area contributed by atoms with Gasteiger partial charge in [0.15, 0.2) is 0 Å². The van der Waals surface area contributed by atoms with Gasteiger partial charge in [0, 0.05) is 20.3 Å². The van der Waals surface area contributed by atoms with E-state index < -0.39 is 0 Å². The van der Waals surface area contributed by atoms with Gasteiger partial charge in [0.1, 0.15) is 0 Å². The number of nitrogens with two attached hydrogens (primary N) is 1. The first-order valence-corrected chi connectivity index (χ1v) is 3.84. The SMILES string of the molecule is COCCCCCCNN. The van der Waals surface area contributed by atoms with Gasteiger partial charge in [0.05, 0.1) is 0 Å². The van der Waals surface area contributed by atoms with E-state index in [9.17, 15) is 0 Å². The van der Waals surface area contributed by atoms with E-state index in [-0.39, 0.29) is 0 Å². The van der Waals surface area contributed by atoms with E-state index in [1.165, 1.54) is 25.7 Å². The first-order chi connectivity index (χ1) is 4.91. The van der Waals surface area contributed by atoms with Crippen LogP contribution in [-0.2, 0) is 4.74 Å². The molecule has 0 atom stereocenters. The van der Waals surface area contributed by atoms with E-state index in [2.05, 4.69) is 5.43 Å². The lowest BCUT2D eigenvalue weighted by molar-refractivity contribution is 0.192. The van der Waals surface area contributed by atoms with E-state index in [1.54, 1.807) is 7.11 Å². The Morgan fingerprint density at radius 3 is 2.50 bits per heavy atom. The van der Waals surface area contributed by atoms with Crippen LogP contribution in [0.4, 0.5) is 0 Å². The molecule has 0 aliphatic rings. The number of nitrogens with one attached hydrogen (secondary N) is 1. The summed E-state index contributed by atoms with van der Waals surface area (Å²) in [5, 5.41) is 0. The van der Waals surface area contributed by atoms with Crippen LogP contribution in [-0.4, -0.2) is 20.3 Å². The average Bonchev–Trinajstić information content (AvgIpc) is 1.97. The first kappa shape index (κ1) is 9.88. The third-order valence-electron chi connectivity index (χ3n) is 1.42. The monoisotopic (exact) mass is 146 g/mol. The zero-order chi connectivity index (χ0) is 7.66. The van der Waals surface area contributed by atoms with E-state index in [0.717, 1.165) is 13.2 Å². The second-order valence-electron chi connectivity index (χ2n) is 2.36. The Labute approximate surface area is 62.9 Å². The molecule has 0 rings (SSSR count). The van der Waals surface area contributed by atoms with Gasteiger partial charge in [-0.2, -0.15) is 0 Å². The van der Waals surface area contributed by atoms with Gasteiger partial charge in [-0.05, 0) is 12.8 Å². The highest BCUT2D eigenvalue weighted by molar-refractivity contribution is 4.43. The zero-order valence-corrected chi connectivity index (χ0v) is 6.73. The molecule has 3 N–H and O–H groups in total. The summed E-state index contributed by atoms with van der Waals surface area (Å²) in [7, 11) is 1.74. The number of hydrogen-bond acceptors (Lipinski definition) is 3. The molecule has 10 heavy (non-hydrogen) atoms. The predicted molar refractivity (Wildman–Crippen MR) is 42.5 cm³/mol. The van der Waals surface area contributed by atoms with Gasteiger partial charge in [0.25, 0.3) is 0 Å². The van der Waals surface area contributed by atoms with Crippen molar-refractivity contribution in [3.05, 3.63) is 0 Å². The van der Waals surface area contributed by atoms with Crippen LogP contribution in [0.1, 0.15) is 25.7 Å². The standard InChI is InChI=1S/C7H18N2O/c1-10-7-5-3-2-4-6-9-8/h9H,2-8H2,1H3. The minimum Gasteiger partial charge on any atom is -0.385 e. The topological polar surface area (TPSA) is 47.3 Å². The molecular weight excluding hydrogens is 128 g/mol. The molecule has 0 aliphatic heterocycles. The number of rotatable bonds is 7. The molecule has 0 fully saturated rings. The molecule has 0 saturated heterocycles. The smallest absolute Gasteiger partial charge is 0.0462 e. The lowest BCUT2D eigenvalue weighted by Gasteiger charge is -1.99. The summed E-state index contributed by atoms with van der Waals surface area (Å²) in [5.41, 5.74) is 2.63. The molecule has 0 spiro atoms. The molecule has 0 aromatic rings. The summed E-state index contributed by atoms with van der Waals surface area (Å²) in [5.74, 6) is 5.09. The molecule has 0 bridgehead atoms. The third kappa shape index (κ3) is 7.88. The fourth-order valence-electron chi connectivity index (χ4n) is 0.827. The number of hydrogen-bond donors (Lipinski definition) is 2. The first-order valence-electron chi connectivity index (χ1n) is 3.84. The van der Waals surface area contributed by atoms with E-state index in [0.29, 0.717) is 0 Å². The number of ether oxygens (including phenoxy) is 1. The second kappa shape index (κ2) is 8.88. The molecule has 62 valence electrons. The predicted octanol–water partition coefficient (Wildman–Crippen LogP) is 0.657. The lowest BCUT2D eigenvalue weighted by atomic mass is 10.2. The van der Waals surface area contributed by atoms with E-state index >= 15 is 0 Å². The van der Waals surface area contributed by atoms with Crippen molar-refractivity contribution in [2.24, 2.45) is 5.84 Å². The quantitative estimate of drug-likeness (QED) is 0.315. The Bertz CT molecular complexity index is 51.6. The molecule has 0 unspecified atom stereocenters. The lowest BCUT2D eigenvalue weighted by Crippen LogP contribution is -2.22. The van der Waals surface area contributed by atoms with Gasteiger partial charge >= 0.3 is 0 Å². The average molecular weight is 146 g/mol. The minimum absolute atomic E-state index is 0.885. The van der Waals surface area contributed by atoms with Crippen molar-refractivity contribution in [2.75, 3.05) is 20.3 Å². The summed E-state index contributed by atoms with van der Waals surface area (Å²) in [6.07, 6.45) is 4.82. The normalized spacial score (nSPS) is 10.2. The van der Waals surface area contributed by atoms with Gasteiger partial charge in [0.2, 0.25) is 0 Å². The summed E-state index contributed by atoms with van der Waals surface area (Å²) < 4.78 is 4.91. The van der Waals surface area contributed by atoms with Gasteiger partial charge < -0.3 is 4.74 Å². The molecule has 0 radical (unpaired) electrons. The Kier molecular flexibility index (Phi) is 8.77. The maximum absolute atomic E-state index is 5.09. The highest BCUT2D eigenvalue weighted by Crippen LogP contribution is 1.97. The number of unbranched alkanes of at least 4 members (excludes halogenated alkanes) is 3. The molecule has 0 amide bonds. The molecule has 0 aromatic heterocycles. The third-order valence-corrected chi connectivity index (χ3v) is 1.42. The molecule has 0 aromatic carbocycles. The van der Waals surface area contributed by atoms with Crippen LogP contribution < -0.4 is 11.3 Å². The van der Waals surface area contributed by atoms with Crippen LogP contribution in [0, 0.1) is 0 Å². The van der Waals surface area contributed by atoms with Crippen molar-refractivity contribution in [1.29, 1.82) is 0 Å². The van der Waals surface area contributed by atoms with Crippen LogP contribution in [0.2, 0.25) is 0 Å². The van der Waals surface area contributed by atoms with Crippen LogP contribution in [0.15, 0.2) is 0 Å². The summed E-state index contributed by atoms with van der Waals surface area (Å²) in [4.78, 5) is 0. The Hall–Kier alpha value is -0.120. The summed E-state index contributed by atoms with van der Waals surface area (Å²) in [6.45, 7) is 1.81. The summed E-state index contributed by atoms with van der Waals surface area (Å²) in [6, 6.07) is 0. The van der Waals surface area contributed by atoms with Crippen LogP contribution >= 0.6 is 0 Å². The van der Waals surface area contributed by atoms with Crippen molar-refractivity contribution >= 4 is 0 Å².